The predicted octanol–water partition coefficient (Wildman–Crippen LogP) is 16.1. The molecule has 0 saturated heterocycles. The van der Waals surface area contributed by atoms with Crippen molar-refractivity contribution in [3.05, 3.63) is 212 Å². The van der Waals surface area contributed by atoms with Crippen molar-refractivity contribution in [3.63, 3.8) is 0 Å². The second kappa shape index (κ2) is 13.8. The summed E-state index contributed by atoms with van der Waals surface area (Å²) in [5.74, 6) is 0. The van der Waals surface area contributed by atoms with Gasteiger partial charge in [-0.2, -0.15) is 0 Å². The first-order valence-corrected chi connectivity index (χ1v) is 20.2. The van der Waals surface area contributed by atoms with E-state index in [1.165, 1.54) is 48.0 Å². The van der Waals surface area contributed by atoms with E-state index in [-0.39, 0.29) is 0 Å². The van der Waals surface area contributed by atoms with Crippen molar-refractivity contribution in [2.45, 2.75) is 0 Å². The van der Waals surface area contributed by atoms with Crippen LogP contribution >= 0.6 is 11.3 Å². The highest BCUT2D eigenvalue weighted by Crippen LogP contribution is 2.51. The minimum atomic E-state index is 0.857. The molecule has 0 aliphatic rings. The normalized spacial score (nSPS) is 11.5. The Bertz CT molecular complexity index is 3250. The molecule has 0 N–H and O–H groups in total. The van der Waals surface area contributed by atoms with Crippen LogP contribution in [0, 0.1) is 0 Å². The van der Waals surface area contributed by atoms with Crippen molar-refractivity contribution in [2.75, 3.05) is 4.90 Å². The molecular weight excluding hydrogens is 711 g/mol. The number of benzene rings is 9. The van der Waals surface area contributed by atoms with E-state index in [0.29, 0.717) is 0 Å². The van der Waals surface area contributed by atoms with Gasteiger partial charge in [0.2, 0.25) is 0 Å². The Labute approximate surface area is 335 Å². The largest absolute Gasteiger partial charge is 0.456 e. The number of anilines is 3. The van der Waals surface area contributed by atoms with Crippen molar-refractivity contribution in [2.24, 2.45) is 0 Å². The zero-order valence-electron chi connectivity index (χ0n) is 31.0. The van der Waals surface area contributed by atoms with Gasteiger partial charge in [0.1, 0.15) is 11.2 Å². The van der Waals surface area contributed by atoms with E-state index in [1.807, 2.05) is 17.4 Å². The van der Waals surface area contributed by atoms with Crippen LogP contribution in [-0.4, -0.2) is 0 Å². The van der Waals surface area contributed by atoms with E-state index >= 15 is 0 Å². The summed E-state index contributed by atoms with van der Waals surface area (Å²) in [7, 11) is 0. The van der Waals surface area contributed by atoms with Crippen LogP contribution in [0.2, 0.25) is 0 Å². The topological polar surface area (TPSA) is 16.4 Å². The van der Waals surface area contributed by atoms with Crippen LogP contribution < -0.4 is 4.90 Å². The van der Waals surface area contributed by atoms with Gasteiger partial charge in [0.25, 0.3) is 0 Å². The third-order valence-corrected chi connectivity index (χ3v) is 12.3. The molecule has 11 rings (SSSR count). The molecular formula is C54H35NOS. The van der Waals surface area contributed by atoms with E-state index in [4.69, 9.17) is 4.42 Å². The Kier molecular flexibility index (Phi) is 8.04. The van der Waals surface area contributed by atoms with Gasteiger partial charge in [-0.25, -0.2) is 0 Å². The first-order valence-electron chi connectivity index (χ1n) is 19.3. The third-order valence-electron chi connectivity index (χ3n) is 11.1. The Hall–Kier alpha value is -7.20. The highest BCUT2D eigenvalue weighted by atomic mass is 32.1. The first kappa shape index (κ1) is 33.2. The number of hydrogen-bond donors (Lipinski definition) is 0. The fourth-order valence-corrected chi connectivity index (χ4v) is 9.81. The third kappa shape index (κ3) is 5.63. The van der Waals surface area contributed by atoms with Crippen LogP contribution in [0.4, 0.5) is 17.1 Å². The summed E-state index contributed by atoms with van der Waals surface area (Å²) in [6.07, 6.45) is 0. The van der Waals surface area contributed by atoms with Gasteiger partial charge < -0.3 is 9.32 Å². The molecule has 0 radical (unpaired) electrons. The van der Waals surface area contributed by atoms with E-state index in [1.54, 1.807) is 0 Å². The molecule has 0 amide bonds. The van der Waals surface area contributed by atoms with Crippen LogP contribution in [0.15, 0.2) is 217 Å². The minimum Gasteiger partial charge on any atom is -0.456 e. The maximum atomic E-state index is 6.54. The van der Waals surface area contributed by atoms with Crippen molar-refractivity contribution in [3.8, 4) is 44.5 Å². The standard InChI is InChI=1S/C54H35NOS/c1-3-17-36(18-4-1)40-23-7-8-25-44(40)52-41(37-19-5-2-6-20-37)27-15-30-47(52)55(48-31-16-33-50-53(48)46-26-9-11-32-49(46)56-50)39-22-13-21-38(35-39)42-28-14-29-45-43-24-10-12-34-51(43)57-54(42)45/h1-35H. The lowest BCUT2D eigenvalue weighted by Crippen LogP contribution is -2.12. The maximum Gasteiger partial charge on any atom is 0.137 e. The lowest BCUT2D eigenvalue weighted by Gasteiger charge is -2.30. The molecule has 3 heteroatoms. The molecule has 57 heavy (non-hydrogen) atoms. The quantitative estimate of drug-likeness (QED) is 0.162. The first-order chi connectivity index (χ1) is 28.3. The van der Waals surface area contributed by atoms with Crippen LogP contribution in [-0.2, 0) is 0 Å². The summed E-state index contributed by atoms with van der Waals surface area (Å²) in [5.41, 5.74) is 14.3. The van der Waals surface area contributed by atoms with Gasteiger partial charge in [0.15, 0.2) is 0 Å². The second-order valence-corrected chi connectivity index (χ2v) is 15.4. The van der Waals surface area contributed by atoms with Gasteiger partial charge in [0, 0.05) is 36.8 Å². The Morgan fingerprint density at radius 3 is 1.77 bits per heavy atom. The van der Waals surface area contributed by atoms with Crippen molar-refractivity contribution in [1.82, 2.24) is 0 Å². The lowest BCUT2D eigenvalue weighted by molar-refractivity contribution is 0.669. The zero-order chi connectivity index (χ0) is 37.7. The fourth-order valence-electron chi connectivity index (χ4n) is 8.58. The molecule has 2 aromatic heterocycles. The molecule has 0 fully saturated rings. The molecule has 0 saturated carbocycles. The molecule has 9 aromatic carbocycles. The Morgan fingerprint density at radius 1 is 0.368 bits per heavy atom. The van der Waals surface area contributed by atoms with Crippen molar-refractivity contribution >= 4 is 70.5 Å². The van der Waals surface area contributed by atoms with Gasteiger partial charge in [-0.3, -0.25) is 0 Å². The fraction of sp³-hybridized carbons (Fsp3) is 0. The number of furan rings is 1. The van der Waals surface area contributed by atoms with Crippen LogP contribution in [0.1, 0.15) is 0 Å². The smallest absolute Gasteiger partial charge is 0.137 e. The molecule has 0 atom stereocenters. The maximum absolute atomic E-state index is 6.54. The molecule has 268 valence electrons. The SMILES string of the molecule is c1ccc(-c2ccccc2-c2c(-c3ccccc3)cccc2N(c2cccc(-c3cccc4c3sc3ccccc34)c2)c2cccc3oc4ccccc4c23)cc1. The van der Waals surface area contributed by atoms with E-state index in [2.05, 4.69) is 211 Å². The average molecular weight is 746 g/mol. The highest BCUT2D eigenvalue weighted by molar-refractivity contribution is 7.26. The van der Waals surface area contributed by atoms with Crippen molar-refractivity contribution in [1.29, 1.82) is 0 Å². The molecule has 0 bridgehead atoms. The van der Waals surface area contributed by atoms with Crippen molar-refractivity contribution < 1.29 is 4.42 Å². The van der Waals surface area contributed by atoms with Gasteiger partial charge in [-0.1, -0.05) is 170 Å². The molecule has 11 aromatic rings. The van der Waals surface area contributed by atoms with E-state index in [9.17, 15) is 0 Å². The lowest BCUT2D eigenvalue weighted by atomic mass is 9.87. The second-order valence-electron chi connectivity index (χ2n) is 14.4. The Balaban J connectivity index is 1.23. The molecule has 2 nitrogen and oxygen atoms in total. The van der Waals surface area contributed by atoms with Gasteiger partial charge in [0.05, 0.1) is 16.8 Å². The summed E-state index contributed by atoms with van der Waals surface area (Å²) in [6, 6.07) is 76.4. The monoisotopic (exact) mass is 745 g/mol. The number of thiophene rings is 1. The molecule has 2 heterocycles. The van der Waals surface area contributed by atoms with Crippen LogP contribution in [0.5, 0.6) is 0 Å². The summed E-state index contributed by atoms with van der Waals surface area (Å²) in [4.78, 5) is 2.46. The Morgan fingerprint density at radius 2 is 0.930 bits per heavy atom. The van der Waals surface area contributed by atoms with Crippen LogP contribution in [0.25, 0.3) is 86.6 Å². The highest BCUT2D eigenvalue weighted by Gasteiger charge is 2.25. The summed E-state index contributed by atoms with van der Waals surface area (Å²) in [5, 5.41) is 4.76. The number of fused-ring (bicyclic) bond motifs is 6. The number of hydrogen-bond acceptors (Lipinski definition) is 3. The molecule has 0 unspecified atom stereocenters. The minimum absolute atomic E-state index is 0.857. The summed E-state index contributed by atoms with van der Waals surface area (Å²) < 4.78 is 9.15. The molecule has 0 aliphatic carbocycles. The van der Waals surface area contributed by atoms with Gasteiger partial charge in [-0.15, -0.1) is 11.3 Å². The van der Waals surface area contributed by atoms with E-state index in [0.717, 1.165) is 55.7 Å². The molecule has 0 spiro atoms. The number of rotatable bonds is 7. The predicted molar refractivity (Wildman–Crippen MR) is 243 cm³/mol. The molecule has 0 aliphatic heterocycles. The zero-order valence-corrected chi connectivity index (χ0v) is 31.8. The summed E-state index contributed by atoms with van der Waals surface area (Å²) >= 11 is 1.87. The number of nitrogens with zero attached hydrogens (tertiary/aromatic N) is 1. The van der Waals surface area contributed by atoms with Gasteiger partial charge in [-0.05, 0) is 81.4 Å². The van der Waals surface area contributed by atoms with Crippen LogP contribution in [0.3, 0.4) is 0 Å². The van der Waals surface area contributed by atoms with Gasteiger partial charge >= 0.3 is 0 Å². The number of para-hydroxylation sites is 1. The summed E-state index contributed by atoms with van der Waals surface area (Å²) in [6.45, 7) is 0. The average Bonchev–Trinajstić information content (AvgIpc) is 3.86. The van der Waals surface area contributed by atoms with E-state index < -0.39 is 0 Å².